The second-order valence-corrected chi connectivity index (χ2v) is 6.43. The highest BCUT2D eigenvalue weighted by molar-refractivity contribution is 5.37. The Hall–Kier alpha value is -0.860. The van der Waals surface area contributed by atoms with Crippen LogP contribution in [0.4, 0.5) is 0 Å². The fourth-order valence-corrected chi connectivity index (χ4v) is 3.39. The molecule has 0 radical (unpaired) electrons. The summed E-state index contributed by atoms with van der Waals surface area (Å²) in [6.45, 7) is 9.54. The number of aryl methyl sites for hydroxylation is 2. The van der Waals surface area contributed by atoms with Gasteiger partial charge in [0.1, 0.15) is 0 Å². The summed E-state index contributed by atoms with van der Waals surface area (Å²) in [5.41, 5.74) is 4.68. The highest BCUT2D eigenvalue weighted by atomic mass is 16.5. The van der Waals surface area contributed by atoms with Crippen LogP contribution in [-0.4, -0.2) is 26.8 Å². The lowest BCUT2D eigenvalue weighted by atomic mass is 9.57. The van der Waals surface area contributed by atoms with Crippen molar-refractivity contribution in [2.24, 2.45) is 5.92 Å². The van der Waals surface area contributed by atoms with E-state index in [1.165, 1.54) is 36.0 Å². The molecule has 0 saturated heterocycles. The largest absolute Gasteiger partial charge is 0.383 e. The van der Waals surface area contributed by atoms with E-state index in [4.69, 9.17) is 4.74 Å². The van der Waals surface area contributed by atoms with Gasteiger partial charge in [0.15, 0.2) is 0 Å². The van der Waals surface area contributed by atoms with Gasteiger partial charge in [-0.15, -0.1) is 0 Å². The first kappa shape index (κ1) is 15.5. The molecule has 0 spiro atoms. The van der Waals surface area contributed by atoms with Crippen LogP contribution in [0.15, 0.2) is 18.2 Å². The minimum absolute atomic E-state index is 0.354. The molecule has 2 rings (SSSR count). The molecule has 20 heavy (non-hydrogen) atoms. The molecule has 1 aromatic rings. The van der Waals surface area contributed by atoms with Gasteiger partial charge >= 0.3 is 0 Å². The number of benzene rings is 1. The number of nitrogens with one attached hydrogen (secondary N) is 1. The van der Waals surface area contributed by atoms with Gasteiger partial charge in [0.25, 0.3) is 0 Å². The zero-order chi connectivity index (χ0) is 14.6. The Kier molecular flexibility index (Phi) is 5.22. The van der Waals surface area contributed by atoms with Crippen LogP contribution in [0.3, 0.4) is 0 Å². The van der Waals surface area contributed by atoms with Gasteiger partial charge < -0.3 is 10.1 Å². The first-order chi connectivity index (χ1) is 9.61. The molecular weight excluding hydrogens is 246 g/mol. The summed E-state index contributed by atoms with van der Waals surface area (Å²) < 4.78 is 5.13. The van der Waals surface area contributed by atoms with Crippen molar-refractivity contribution in [3.63, 3.8) is 0 Å². The SMILES string of the molecule is CCC1CC(CNCCOC)(c2ccc(C)c(C)c2)C1. The predicted octanol–water partition coefficient (Wildman–Crippen LogP) is 3.60. The molecule has 1 aromatic carbocycles. The van der Waals surface area contributed by atoms with Crippen LogP contribution in [0.1, 0.15) is 42.9 Å². The van der Waals surface area contributed by atoms with Crippen LogP contribution in [0.5, 0.6) is 0 Å². The Morgan fingerprint density at radius 2 is 2.00 bits per heavy atom. The maximum Gasteiger partial charge on any atom is 0.0587 e. The van der Waals surface area contributed by atoms with Gasteiger partial charge in [-0.1, -0.05) is 31.5 Å². The van der Waals surface area contributed by atoms with Gasteiger partial charge in [0.2, 0.25) is 0 Å². The van der Waals surface area contributed by atoms with Crippen molar-refractivity contribution < 1.29 is 4.74 Å². The molecule has 1 N–H and O–H groups in total. The van der Waals surface area contributed by atoms with Crippen molar-refractivity contribution in [2.75, 3.05) is 26.8 Å². The smallest absolute Gasteiger partial charge is 0.0587 e. The summed E-state index contributed by atoms with van der Waals surface area (Å²) >= 11 is 0. The lowest BCUT2D eigenvalue weighted by Crippen LogP contribution is -2.49. The summed E-state index contributed by atoms with van der Waals surface area (Å²) in [6, 6.07) is 7.02. The number of hydrogen-bond acceptors (Lipinski definition) is 2. The third kappa shape index (κ3) is 3.24. The van der Waals surface area contributed by atoms with Crippen LogP contribution in [0.2, 0.25) is 0 Å². The first-order valence-corrected chi connectivity index (χ1v) is 7.88. The summed E-state index contributed by atoms with van der Waals surface area (Å²) in [6.07, 6.45) is 3.96. The van der Waals surface area contributed by atoms with E-state index >= 15 is 0 Å². The molecule has 1 aliphatic rings. The van der Waals surface area contributed by atoms with Crippen LogP contribution in [0.25, 0.3) is 0 Å². The average Bonchev–Trinajstić information content (AvgIpc) is 2.40. The molecule has 0 aromatic heterocycles. The molecule has 0 bridgehead atoms. The van der Waals surface area contributed by atoms with Crippen molar-refractivity contribution in [3.05, 3.63) is 34.9 Å². The van der Waals surface area contributed by atoms with Gasteiger partial charge in [-0.3, -0.25) is 0 Å². The third-order valence-electron chi connectivity index (χ3n) is 5.00. The van der Waals surface area contributed by atoms with Crippen LogP contribution in [-0.2, 0) is 10.2 Å². The van der Waals surface area contributed by atoms with Crippen molar-refractivity contribution in [3.8, 4) is 0 Å². The van der Waals surface area contributed by atoms with Crippen molar-refractivity contribution >= 4 is 0 Å². The minimum atomic E-state index is 0.354. The number of hydrogen-bond donors (Lipinski definition) is 1. The summed E-state index contributed by atoms with van der Waals surface area (Å²) in [5.74, 6) is 0.904. The fourth-order valence-electron chi connectivity index (χ4n) is 3.39. The van der Waals surface area contributed by atoms with E-state index in [2.05, 4.69) is 44.3 Å². The molecule has 0 heterocycles. The molecule has 0 amide bonds. The van der Waals surface area contributed by atoms with Crippen molar-refractivity contribution in [2.45, 2.75) is 45.4 Å². The fraction of sp³-hybridized carbons (Fsp3) is 0.667. The van der Waals surface area contributed by atoms with Crippen LogP contribution < -0.4 is 5.32 Å². The Morgan fingerprint density at radius 3 is 2.60 bits per heavy atom. The topological polar surface area (TPSA) is 21.3 Å². The van der Waals surface area contributed by atoms with Gasteiger partial charge in [0, 0.05) is 25.6 Å². The molecule has 1 saturated carbocycles. The molecule has 2 heteroatoms. The zero-order valence-corrected chi connectivity index (χ0v) is 13.5. The zero-order valence-electron chi connectivity index (χ0n) is 13.5. The van der Waals surface area contributed by atoms with Gasteiger partial charge in [0.05, 0.1) is 6.61 Å². The summed E-state index contributed by atoms with van der Waals surface area (Å²) in [4.78, 5) is 0. The summed E-state index contributed by atoms with van der Waals surface area (Å²) in [7, 11) is 1.76. The van der Waals surface area contributed by atoms with Gasteiger partial charge in [-0.25, -0.2) is 0 Å². The quantitative estimate of drug-likeness (QED) is 0.768. The van der Waals surface area contributed by atoms with E-state index in [1.54, 1.807) is 7.11 Å². The minimum Gasteiger partial charge on any atom is -0.383 e. The highest BCUT2D eigenvalue weighted by Gasteiger charge is 2.44. The molecular formula is C18H29NO. The van der Waals surface area contributed by atoms with E-state index in [0.717, 1.165) is 25.6 Å². The second kappa shape index (κ2) is 6.73. The Balaban J connectivity index is 2.08. The second-order valence-electron chi connectivity index (χ2n) is 6.43. The normalized spacial score (nSPS) is 25.5. The average molecular weight is 275 g/mol. The van der Waals surface area contributed by atoms with E-state index in [-0.39, 0.29) is 0 Å². The molecule has 1 aliphatic carbocycles. The van der Waals surface area contributed by atoms with E-state index in [0.29, 0.717) is 5.41 Å². The maximum atomic E-state index is 5.13. The lowest BCUT2D eigenvalue weighted by Gasteiger charge is -2.49. The molecule has 0 aliphatic heterocycles. The van der Waals surface area contributed by atoms with Crippen LogP contribution in [0, 0.1) is 19.8 Å². The molecule has 2 nitrogen and oxygen atoms in total. The molecule has 0 unspecified atom stereocenters. The Bertz CT molecular complexity index is 435. The monoisotopic (exact) mass is 275 g/mol. The van der Waals surface area contributed by atoms with E-state index in [9.17, 15) is 0 Å². The summed E-state index contributed by atoms with van der Waals surface area (Å²) in [5, 5.41) is 3.58. The van der Waals surface area contributed by atoms with Crippen molar-refractivity contribution in [1.29, 1.82) is 0 Å². The number of methoxy groups -OCH3 is 1. The number of rotatable bonds is 7. The van der Waals surface area contributed by atoms with Gasteiger partial charge in [-0.05, 0) is 49.3 Å². The van der Waals surface area contributed by atoms with E-state index in [1.807, 2.05) is 0 Å². The third-order valence-corrected chi connectivity index (χ3v) is 5.00. The predicted molar refractivity (Wildman–Crippen MR) is 85.4 cm³/mol. The lowest BCUT2D eigenvalue weighted by molar-refractivity contribution is 0.128. The van der Waals surface area contributed by atoms with E-state index < -0.39 is 0 Å². The Morgan fingerprint density at radius 1 is 1.25 bits per heavy atom. The molecule has 1 fully saturated rings. The van der Waals surface area contributed by atoms with Gasteiger partial charge in [-0.2, -0.15) is 0 Å². The first-order valence-electron chi connectivity index (χ1n) is 7.88. The number of ether oxygens (including phenoxy) is 1. The maximum absolute atomic E-state index is 5.13. The Labute approximate surface area is 123 Å². The standard InChI is InChI=1S/C18H29NO/c1-5-16-11-18(12-16,13-19-8-9-20-4)17-7-6-14(2)15(3)10-17/h6-7,10,16,19H,5,8-9,11-13H2,1-4H3. The molecule has 0 atom stereocenters. The highest BCUT2D eigenvalue weighted by Crippen LogP contribution is 2.49. The molecule has 112 valence electrons. The van der Waals surface area contributed by atoms with Crippen LogP contribution >= 0.6 is 0 Å². The van der Waals surface area contributed by atoms with Crippen molar-refractivity contribution in [1.82, 2.24) is 5.32 Å².